The van der Waals surface area contributed by atoms with Gasteiger partial charge in [0.2, 0.25) is 5.91 Å². The molecular formula is C18H23N5O. The fourth-order valence-corrected chi connectivity index (χ4v) is 4.01. The minimum Gasteiger partial charge on any atom is -0.326 e. The molecule has 0 spiro atoms. The Balaban J connectivity index is 1.29. The third-order valence-electron chi connectivity index (χ3n) is 5.09. The smallest absolute Gasteiger partial charge is 0.224 e. The van der Waals surface area contributed by atoms with Crippen LogP contribution in [-0.4, -0.2) is 32.8 Å². The lowest BCUT2D eigenvalue weighted by molar-refractivity contribution is -0.117. The molecule has 1 aromatic carbocycles. The summed E-state index contributed by atoms with van der Waals surface area (Å²) in [7, 11) is 0. The first-order valence-electron chi connectivity index (χ1n) is 8.72. The topological polar surface area (TPSA) is 71.8 Å². The standard InChI is InChI=1S/C18H23N5O/c24-18(9-14-7-16-5-6-17(8-14)21-16)22-15-3-1-13(2-4-15)10-23-12-19-11-20-23/h1-4,11-12,14,16-17,21H,5-10H2,(H,22,24). The zero-order chi connectivity index (χ0) is 16.4. The number of hydrogen-bond donors (Lipinski definition) is 2. The van der Waals surface area contributed by atoms with Gasteiger partial charge in [0.05, 0.1) is 6.54 Å². The van der Waals surface area contributed by atoms with Gasteiger partial charge in [0.25, 0.3) is 0 Å². The summed E-state index contributed by atoms with van der Waals surface area (Å²) in [5.41, 5.74) is 1.99. The number of fused-ring (bicyclic) bond motifs is 2. The summed E-state index contributed by atoms with van der Waals surface area (Å²) in [6.45, 7) is 0.687. The van der Waals surface area contributed by atoms with Gasteiger partial charge in [-0.3, -0.25) is 4.79 Å². The third-order valence-corrected chi connectivity index (χ3v) is 5.09. The van der Waals surface area contributed by atoms with Crippen molar-refractivity contribution in [2.24, 2.45) is 5.92 Å². The van der Waals surface area contributed by atoms with E-state index in [0.29, 0.717) is 31.0 Å². The molecule has 0 radical (unpaired) electrons. The van der Waals surface area contributed by atoms with E-state index in [0.717, 1.165) is 24.1 Å². The van der Waals surface area contributed by atoms with Gasteiger partial charge in [-0.2, -0.15) is 5.10 Å². The molecule has 24 heavy (non-hydrogen) atoms. The van der Waals surface area contributed by atoms with Gasteiger partial charge < -0.3 is 10.6 Å². The van der Waals surface area contributed by atoms with Gasteiger partial charge in [-0.05, 0) is 49.3 Å². The minimum atomic E-state index is 0.130. The summed E-state index contributed by atoms with van der Waals surface area (Å²) in [4.78, 5) is 16.2. The highest BCUT2D eigenvalue weighted by Crippen LogP contribution is 2.32. The van der Waals surface area contributed by atoms with Crippen molar-refractivity contribution in [3.05, 3.63) is 42.5 Å². The molecule has 4 rings (SSSR count). The van der Waals surface area contributed by atoms with Crippen LogP contribution in [0.4, 0.5) is 5.69 Å². The van der Waals surface area contributed by atoms with Crippen molar-refractivity contribution in [2.75, 3.05) is 5.32 Å². The number of aromatic nitrogens is 3. The van der Waals surface area contributed by atoms with E-state index in [1.807, 2.05) is 24.3 Å². The van der Waals surface area contributed by atoms with Crippen molar-refractivity contribution in [3.63, 3.8) is 0 Å². The van der Waals surface area contributed by atoms with Crippen molar-refractivity contribution < 1.29 is 4.79 Å². The number of amides is 1. The number of nitrogens with zero attached hydrogens (tertiary/aromatic N) is 3. The third kappa shape index (κ3) is 3.64. The molecule has 2 aliphatic rings. The Morgan fingerprint density at radius 3 is 2.62 bits per heavy atom. The maximum Gasteiger partial charge on any atom is 0.224 e. The molecule has 6 nitrogen and oxygen atoms in total. The van der Waals surface area contributed by atoms with Crippen molar-refractivity contribution in [3.8, 4) is 0 Å². The highest BCUT2D eigenvalue weighted by molar-refractivity contribution is 5.90. The Labute approximate surface area is 141 Å². The summed E-state index contributed by atoms with van der Waals surface area (Å²) < 4.78 is 1.78. The lowest BCUT2D eigenvalue weighted by Gasteiger charge is -2.28. The maximum absolute atomic E-state index is 12.3. The monoisotopic (exact) mass is 325 g/mol. The molecule has 2 saturated heterocycles. The Hall–Kier alpha value is -2.21. The van der Waals surface area contributed by atoms with Crippen LogP contribution in [-0.2, 0) is 11.3 Å². The van der Waals surface area contributed by atoms with Crippen LogP contribution in [0.25, 0.3) is 0 Å². The zero-order valence-electron chi connectivity index (χ0n) is 13.7. The minimum absolute atomic E-state index is 0.130. The Morgan fingerprint density at radius 1 is 1.21 bits per heavy atom. The summed E-state index contributed by atoms with van der Waals surface area (Å²) in [6, 6.07) is 9.21. The first-order valence-corrected chi connectivity index (χ1v) is 8.72. The van der Waals surface area contributed by atoms with Crippen LogP contribution in [0.1, 0.15) is 37.7 Å². The van der Waals surface area contributed by atoms with E-state index in [-0.39, 0.29) is 5.91 Å². The zero-order valence-corrected chi connectivity index (χ0v) is 13.7. The molecule has 3 heterocycles. The number of piperidine rings is 1. The van der Waals surface area contributed by atoms with Crippen LogP contribution < -0.4 is 10.6 Å². The van der Waals surface area contributed by atoms with Gasteiger partial charge in [-0.15, -0.1) is 0 Å². The molecule has 2 bridgehead atoms. The lowest BCUT2D eigenvalue weighted by atomic mass is 9.89. The molecule has 2 atom stereocenters. The lowest BCUT2D eigenvalue weighted by Crippen LogP contribution is -2.39. The van der Waals surface area contributed by atoms with E-state index < -0.39 is 0 Å². The number of hydrogen-bond acceptors (Lipinski definition) is 4. The molecule has 2 fully saturated rings. The Bertz CT molecular complexity index is 670. The van der Waals surface area contributed by atoms with Crippen LogP contribution in [0.5, 0.6) is 0 Å². The average Bonchev–Trinajstić information content (AvgIpc) is 3.19. The van der Waals surface area contributed by atoms with Gasteiger partial charge >= 0.3 is 0 Å². The van der Waals surface area contributed by atoms with E-state index in [1.165, 1.54) is 19.2 Å². The SMILES string of the molecule is O=C(CC1CC2CCC(C1)N2)Nc1ccc(Cn2cncn2)cc1. The highest BCUT2D eigenvalue weighted by Gasteiger charge is 2.34. The molecule has 2 aliphatic heterocycles. The first-order chi connectivity index (χ1) is 11.7. The van der Waals surface area contributed by atoms with Gasteiger partial charge in [0, 0.05) is 24.2 Å². The molecule has 0 saturated carbocycles. The largest absolute Gasteiger partial charge is 0.326 e. The number of carbonyl (C=O) groups excluding carboxylic acids is 1. The average molecular weight is 325 g/mol. The Kier molecular flexibility index (Phi) is 4.30. The predicted molar refractivity (Wildman–Crippen MR) is 91.5 cm³/mol. The first kappa shape index (κ1) is 15.3. The summed E-state index contributed by atoms with van der Waals surface area (Å²) >= 11 is 0. The number of anilines is 1. The van der Waals surface area contributed by atoms with Gasteiger partial charge in [-0.1, -0.05) is 12.1 Å². The van der Waals surface area contributed by atoms with Crippen LogP contribution in [0.2, 0.25) is 0 Å². The normalized spacial score (nSPS) is 25.6. The van der Waals surface area contributed by atoms with Crippen LogP contribution >= 0.6 is 0 Å². The number of carbonyl (C=O) groups is 1. The quantitative estimate of drug-likeness (QED) is 0.884. The molecule has 0 aliphatic carbocycles. The summed E-state index contributed by atoms with van der Waals surface area (Å²) in [5.74, 6) is 0.653. The fraction of sp³-hybridized carbons (Fsp3) is 0.500. The summed E-state index contributed by atoms with van der Waals surface area (Å²) in [5, 5.41) is 10.8. The van der Waals surface area contributed by atoms with Crippen LogP contribution in [0.3, 0.4) is 0 Å². The van der Waals surface area contributed by atoms with E-state index in [9.17, 15) is 4.79 Å². The van der Waals surface area contributed by atoms with Crippen molar-refractivity contribution in [1.29, 1.82) is 0 Å². The maximum atomic E-state index is 12.3. The van der Waals surface area contributed by atoms with E-state index in [1.54, 1.807) is 11.0 Å². The number of benzene rings is 1. The second-order valence-electron chi connectivity index (χ2n) is 7.02. The van der Waals surface area contributed by atoms with Crippen molar-refractivity contribution >= 4 is 11.6 Å². The van der Waals surface area contributed by atoms with E-state index >= 15 is 0 Å². The fourth-order valence-electron chi connectivity index (χ4n) is 4.01. The molecule has 1 aromatic heterocycles. The molecule has 2 aromatic rings. The van der Waals surface area contributed by atoms with Crippen LogP contribution in [0.15, 0.2) is 36.9 Å². The number of rotatable bonds is 5. The molecule has 1 amide bonds. The van der Waals surface area contributed by atoms with Crippen LogP contribution in [0, 0.1) is 5.92 Å². The highest BCUT2D eigenvalue weighted by atomic mass is 16.1. The molecule has 6 heteroatoms. The van der Waals surface area contributed by atoms with Gasteiger partial charge in [0.1, 0.15) is 12.7 Å². The van der Waals surface area contributed by atoms with Gasteiger partial charge in [0.15, 0.2) is 0 Å². The second-order valence-corrected chi connectivity index (χ2v) is 7.02. The molecule has 126 valence electrons. The summed E-state index contributed by atoms with van der Waals surface area (Å²) in [6.07, 6.45) is 8.69. The Morgan fingerprint density at radius 2 is 1.96 bits per heavy atom. The number of nitrogens with one attached hydrogen (secondary N) is 2. The molecule has 2 N–H and O–H groups in total. The van der Waals surface area contributed by atoms with Crippen molar-refractivity contribution in [2.45, 2.75) is 50.7 Å². The molecule has 2 unspecified atom stereocenters. The second kappa shape index (κ2) is 6.73. The van der Waals surface area contributed by atoms with Crippen molar-refractivity contribution in [1.82, 2.24) is 20.1 Å². The van der Waals surface area contributed by atoms with E-state index in [2.05, 4.69) is 20.7 Å². The molecular weight excluding hydrogens is 302 g/mol. The van der Waals surface area contributed by atoms with Gasteiger partial charge in [-0.25, -0.2) is 9.67 Å². The predicted octanol–water partition coefficient (Wildman–Crippen LogP) is 2.19. The van der Waals surface area contributed by atoms with E-state index in [4.69, 9.17) is 0 Å².